The van der Waals surface area contributed by atoms with Gasteiger partial charge in [0, 0.05) is 21.3 Å². The first-order valence-electron chi connectivity index (χ1n) is 5.90. The predicted octanol–water partition coefficient (Wildman–Crippen LogP) is 4.73. The second-order valence-electron chi connectivity index (χ2n) is 4.29. The minimum Gasteiger partial charge on any atom is -0.321 e. The van der Waals surface area contributed by atoms with Crippen molar-refractivity contribution in [3.05, 3.63) is 70.7 Å². The van der Waals surface area contributed by atoms with Crippen molar-refractivity contribution in [2.45, 2.75) is 6.92 Å². The van der Waals surface area contributed by atoms with Crippen LogP contribution in [0.4, 0.5) is 5.69 Å². The highest BCUT2D eigenvalue weighted by Gasteiger charge is 2.09. The minimum absolute atomic E-state index is 0.130. The van der Waals surface area contributed by atoms with Gasteiger partial charge in [0.05, 0.1) is 0 Å². The lowest BCUT2D eigenvalue weighted by Crippen LogP contribution is -2.12. The number of hydrogen-bond donors (Lipinski definition) is 1. The van der Waals surface area contributed by atoms with E-state index in [2.05, 4.69) is 27.8 Å². The summed E-state index contributed by atoms with van der Waals surface area (Å²) in [6, 6.07) is 14.9. The molecule has 0 spiro atoms. The topological polar surface area (TPSA) is 29.1 Å². The van der Waals surface area contributed by atoms with Crippen LogP contribution in [0.25, 0.3) is 5.57 Å². The molecule has 0 aliphatic carbocycles. The van der Waals surface area contributed by atoms with Crippen molar-refractivity contribution in [1.82, 2.24) is 0 Å². The molecule has 19 heavy (non-hydrogen) atoms. The molecule has 0 aromatic heterocycles. The standard InChI is InChI=1S/C16H14BrNO/c1-11(2)14-8-3-4-9-15(14)18-16(19)12-6-5-7-13(17)10-12/h3-10H,1H2,2H3,(H,18,19). The maximum Gasteiger partial charge on any atom is 0.255 e. The van der Waals surface area contributed by atoms with E-state index in [0.717, 1.165) is 21.3 Å². The van der Waals surface area contributed by atoms with E-state index in [1.165, 1.54) is 0 Å². The van der Waals surface area contributed by atoms with E-state index in [1.807, 2.05) is 43.3 Å². The Bertz CT molecular complexity index is 634. The molecule has 1 N–H and O–H groups in total. The van der Waals surface area contributed by atoms with Crippen LogP contribution in [-0.4, -0.2) is 5.91 Å². The highest BCUT2D eigenvalue weighted by molar-refractivity contribution is 9.10. The smallest absolute Gasteiger partial charge is 0.255 e. The van der Waals surface area contributed by atoms with E-state index in [-0.39, 0.29) is 5.91 Å². The fourth-order valence-electron chi connectivity index (χ4n) is 1.79. The molecule has 0 saturated heterocycles. The number of benzene rings is 2. The van der Waals surface area contributed by atoms with Gasteiger partial charge in [-0.05, 0) is 36.8 Å². The van der Waals surface area contributed by atoms with Crippen LogP contribution in [0.15, 0.2) is 59.6 Å². The summed E-state index contributed by atoms with van der Waals surface area (Å²) >= 11 is 3.36. The van der Waals surface area contributed by atoms with Gasteiger partial charge in [-0.2, -0.15) is 0 Å². The van der Waals surface area contributed by atoms with Gasteiger partial charge in [0.2, 0.25) is 0 Å². The number of para-hydroxylation sites is 1. The molecular formula is C16H14BrNO. The van der Waals surface area contributed by atoms with Crippen LogP contribution in [0.2, 0.25) is 0 Å². The predicted molar refractivity (Wildman–Crippen MR) is 83.2 cm³/mol. The maximum absolute atomic E-state index is 12.2. The first-order valence-corrected chi connectivity index (χ1v) is 6.69. The van der Waals surface area contributed by atoms with Crippen LogP contribution in [0.5, 0.6) is 0 Å². The summed E-state index contributed by atoms with van der Waals surface area (Å²) in [6.07, 6.45) is 0. The highest BCUT2D eigenvalue weighted by Crippen LogP contribution is 2.23. The fourth-order valence-corrected chi connectivity index (χ4v) is 2.19. The van der Waals surface area contributed by atoms with Gasteiger partial charge in [-0.3, -0.25) is 4.79 Å². The second-order valence-corrected chi connectivity index (χ2v) is 5.21. The van der Waals surface area contributed by atoms with Gasteiger partial charge in [-0.15, -0.1) is 0 Å². The summed E-state index contributed by atoms with van der Waals surface area (Å²) in [7, 11) is 0. The van der Waals surface area contributed by atoms with E-state index in [9.17, 15) is 4.79 Å². The van der Waals surface area contributed by atoms with Crippen LogP contribution >= 0.6 is 15.9 Å². The first kappa shape index (κ1) is 13.6. The van der Waals surface area contributed by atoms with Crippen LogP contribution in [0.1, 0.15) is 22.8 Å². The van der Waals surface area contributed by atoms with E-state index >= 15 is 0 Å². The average Bonchev–Trinajstić information content (AvgIpc) is 2.39. The molecule has 1 amide bonds. The molecule has 0 fully saturated rings. The van der Waals surface area contributed by atoms with Gasteiger partial charge in [0.15, 0.2) is 0 Å². The zero-order valence-electron chi connectivity index (χ0n) is 10.6. The van der Waals surface area contributed by atoms with Gasteiger partial charge in [0.25, 0.3) is 5.91 Å². The number of rotatable bonds is 3. The molecule has 0 atom stereocenters. The zero-order valence-corrected chi connectivity index (χ0v) is 12.2. The lowest BCUT2D eigenvalue weighted by molar-refractivity contribution is 0.102. The van der Waals surface area contributed by atoms with Crippen LogP contribution in [0, 0.1) is 0 Å². The van der Waals surface area contributed by atoms with Crippen LogP contribution in [-0.2, 0) is 0 Å². The summed E-state index contributed by atoms with van der Waals surface area (Å²) < 4.78 is 0.883. The number of amides is 1. The molecule has 0 bridgehead atoms. The molecule has 2 aromatic rings. The van der Waals surface area contributed by atoms with Crippen molar-refractivity contribution in [3.8, 4) is 0 Å². The minimum atomic E-state index is -0.130. The molecule has 3 heteroatoms. The first-order chi connectivity index (χ1) is 9.08. The summed E-state index contributed by atoms with van der Waals surface area (Å²) in [5, 5.41) is 2.91. The molecule has 96 valence electrons. The molecule has 0 aliphatic rings. The Morgan fingerprint density at radius 2 is 1.89 bits per heavy atom. The SMILES string of the molecule is C=C(C)c1ccccc1NC(=O)c1cccc(Br)c1. The lowest BCUT2D eigenvalue weighted by Gasteiger charge is -2.11. The third kappa shape index (κ3) is 3.32. The molecular weight excluding hydrogens is 302 g/mol. The maximum atomic E-state index is 12.2. The molecule has 0 unspecified atom stereocenters. The van der Waals surface area contributed by atoms with Crippen molar-refractivity contribution in [2.75, 3.05) is 5.32 Å². The summed E-state index contributed by atoms with van der Waals surface area (Å²) in [5.74, 6) is -0.130. The third-order valence-corrected chi connectivity index (χ3v) is 3.22. The van der Waals surface area contributed by atoms with Gasteiger partial charge >= 0.3 is 0 Å². The normalized spacial score (nSPS) is 10.0. The molecule has 0 saturated carbocycles. The molecule has 0 radical (unpaired) electrons. The van der Waals surface area contributed by atoms with E-state index < -0.39 is 0 Å². The molecule has 0 aliphatic heterocycles. The van der Waals surface area contributed by atoms with Crippen molar-refractivity contribution >= 4 is 33.1 Å². The highest BCUT2D eigenvalue weighted by atomic mass is 79.9. The quantitative estimate of drug-likeness (QED) is 0.871. The number of hydrogen-bond acceptors (Lipinski definition) is 1. The van der Waals surface area contributed by atoms with Gasteiger partial charge in [-0.25, -0.2) is 0 Å². The number of nitrogens with one attached hydrogen (secondary N) is 1. The third-order valence-electron chi connectivity index (χ3n) is 2.72. The Balaban J connectivity index is 2.27. The Hall–Kier alpha value is -1.87. The Morgan fingerprint density at radius 1 is 1.16 bits per heavy atom. The number of carbonyl (C=O) groups excluding carboxylic acids is 1. The Morgan fingerprint density at radius 3 is 2.58 bits per heavy atom. The number of halogens is 1. The van der Waals surface area contributed by atoms with Crippen molar-refractivity contribution in [3.63, 3.8) is 0 Å². The number of carbonyl (C=O) groups is 1. The summed E-state index contributed by atoms with van der Waals surface area (Å²) in [4.78, 5) is 12.2. The molecule has 2 aromatic carbocycles. The van der Waals surface area contributed by atoms with Crippen LogP contribution < -0.4 is 5.32 Å². The van der Waals surface area contributed by atoms with E-state index in [0.29, 0.717) is 5.56 Å². The van der Waals surface area contributed by atoms with Crippen molar-refractivity contribution in [2.24, 2.45) is 0 Å². The van der Waals surface area contributed by atoms with Gasteiger partial charge in [0.1, 0.15) is 0 Å². The number of anilines is 1. The average molecular weight is 316 g/mol. The summed E-state index contributed by atoms with van der Waals surface area (Å²) in [5.41, 5.74) is 3.27. The van der Waals surface area contributed by atoms with Gasteiger partial charge in [-0.1, -0.05) is 46.8 Å². The van der Waals surface area contributed by atoms with Crippen LogP contribution in [0.3, 0.4) is 0 Å². The second kappa shape index (κ2) is 5.85. The number of allylic oxidation sites excluding steroid dienone is 1. The largest absolute Gasteiger partial charge is 0.321 e. The van der Waals surface area contributed by atoms with E-state index in [1.54, 1.807) is 12.1 Å². The fraction of sp³-hybridized carbons (Fsp3) is 0.0625. The summed E-state index contributed by atoms with van der Waals surface area (Å²) in [6.45, 7) is 5.84. The van der Waals surface area contributed by atoms with Crippen molar-refractivity contribution < 1.29 is 4.79 Å². The van der Waals surface area contributed by atoms with E-state index in [4.69, 9.17) is 0 Å². The van der Waals surface area contributed by atoms with Crippen molar-refractivity contribution in [1.29, 1.82) is 0 Å². The zero-order chi connectivity index (χ0) is 13.8. The van der Waals surface area contributed by atoms with Gasteiger partial charge < -0.3 is 5.32 Å². The molecule has 0 heterocycles. The Labute approximate surface area is 121 Å². The molecule has 2 nitrogen and oxygen atoms in total. The lowest BCUT2D eigenvalue weighted by atomic mass is 10.1. The molecule has 2 rings (SSSR count). The monoisotopic (exact) mass is 315 g/mol. The Kier molecular flexibility index (Phi) is 4.17.